The Morgan fingerprint density at radius 1 is 1.15 bits per heavy atom. The maximum atomic E-state index is 12.0. The molecule has 0 fully saturated rings. The average Bonchev–Trinajstić information content (AvgIpc) is 3.20. The number of carbonyl (C=O) groups is 3. The summed E-state index contributed by atoms with van der Waals surface area (Å²) in [6, 6.07) is 3.90. The third kappa shape index (κ3) is 6.76. The smallest absolute Gasteiger partial charge is 0.227 e. The molecule has 146 valence electrons. The van der Waals surface area contributed by atoms with E-state index >= 15 is 0 Å². The van der Waals surface area contributed by atoms with Crippen molar-refractivity contribution in [3.63, 3.8) is 0 Å². The van der Waals surface area contributed by atoms with E-state index in [1.165, 1.54) is 18.3 Å². The Balaban J connectivity index is 1.84. The number of carbonyl (C=O) groups excluding carboxylic acids is 3. The molecule has 3 amide bonds. The highest BCUT2D eigenvalue weighted by Gasteiger charge is 2.20. The molecule has 27 heavy (non-hydrogen) atoms. The number of amides is 3. The quantitative estimate of drug-likeness (QED) is 0.656. The minimum atomic E-state index is -0.472. The van der Waals surface area contributed by atoms with Crippen molar-refractivity contribution in [3.8, 4) is 10.6 Å². The fraction of sp³-hybridized carbons (Fsp3) is 0.444. The van der Waals surface area contributed by atoms with Crippen LogP contribution in [0.4, 0.5) is 5.13 Å². The van der Waals surface area contributed by atoms with Crippen LogP contribution < -0.4 is 16.0 Å². The lowest BCUT2D eigenvalue weighted by atomic mass is 9.96. The van der Waals surface area contributed by atoms with E-state index in [2.05, 4.69) is 20.9 Å². The van der Waals surface area contributed by atoms with Gasteiger partial charge in [0.2, 0.25) is 17.7 Å². The van der Waals surface area contributed by atoms with Gasteiger partial charge in [-0.15, -0.1) is 22.7 Å². The number of thiophene rings is 1. The van der Waals surface area contributed by atoms with E-state index in [0.29, 0.717) is 11.7 Å². The first-order valence-corrected chi connectivity index (χ1v) is 10.2. The maximum absolute atomic E-state index is 12.0. The predicted molar refractivity (Wildman–Crippen MR) is 109 cm³/mol. The van der Waals surface area contributed by atoms with Crippen LogP contribution in [0.1, 0.15) is 39.0 Å². The predicted octanol–water partition coefficient (Wildman–Crippen LogP) is 3.00. The van der Waals surface area contributed by atoms with Gasteiger partial charge >= 0.3 is 0 Å². The second kappa shape index (κ2) is 9.09. The second-order valence-electron chi connectivity index (χ2n) is 7.02. The number of aromatic nitrogens is 1. The topological polar surface area (TPSA) is 100 Å². The van der Waals surface area contributed by atoms with Gasteiger partial charge in [0.1, 0.15) is 0 Å². The van der Waals surface area contributed by atoms with Gasteiger partial charge in [-0.3, -0.25) is 14.4 Å². The first-order valence-electron chi connectivity index (χ1n) is 8.52. The van der Waals surface area contributed by atoms with Gasteiger partial charge in [-0.1, -0.05) is 20.8 Å². The summed E-state index contributed by atoms with van der Waals surface area (Å²) < 4.78 is 0. The molecule has 0 aliphatic carbocycles. The Kier molecular flexibility index (Phi) is 7.09. The van der Waals surface area contributed by atoms with E-state index in [9.17, 15) is 14.4 Å². The van der Waals surface area contributed by atoms with Crippen LogP contribution in [0.5, 0.6) is 0 Å². The van der Waals surface area contributed by atoms with E-state index < -0.39 is 5.41 Å². The van der Waals surface area contributed by atoms with Crippen molar-refractivity contribution in [1.29, 1.82) is 0 Å². The third-order valence-electron chi connectivity index (χ3n) is 3.50. The van der Waals surface area contributed by atoms with Crippen molar-refractivity contribution in [2.24, 2.45) is 5.41 Å². The Hall–Kier alpha value is -2.26. The second-order valence-corrected chi connectivity index (χ2v) is 9.04. The maximum Gasteiger partial charge on any atom is 0.227 e. The Morgan fingerprint density at radius 3 is 2.56 bits per heavy atom. The van der Waals surface area contributed by atoms with E-state index in [4.69, 9.17) is 0 Å². The normalized spacial score (nSPS) is 11.1. The van der Waals surface area contributed by atoms with Crippen LogP contribution in [-0.4, -0.2) is 29.3 Å². The van der Waals surface area contributed by atoms with Crippen LogP contribution >= 0.6 is 22.7 Å². The average molecular weight is 409 g/mol. The van der Waals surface area contributed by atoms with Crippen LogP contribution in [0.3, 0.4) is 0 Å². The molecule has 0 spiro atoms. The molecule has 2 rings (SSSR count). The summed E-state index contributed by atoms with van der Waals surface area (Å²) in [6.07, 6.45) is 0.191. The summed E-state index contributed by atoms with van der Waals surface area (Å²) >= 11 is 2.90. The highest BCUT2D eigenvalue weighted by atomic mass is 32.1. The van der Waals surface area contributed by atoms with Crippen LogP contribution in [0.15, 0.2) is 17.5 Å². The number of nitrogens with one attached hydrogen (secondary N) is 3. The SMILES string of the molecule is CC(=O)NCc1ccc(-c2csc(NC(=O)CCNC(=O)C(C)(C)C)n2)s1. The summed E-state index contributed by atoms with van der Waals surface area (Å²) in [6.45, 7) is 7.74. The minimum absolute atomic E-state index is 0.0673. The third-order valence-corrected chi connectivity index (χ3v) is 5.36. The van der Waals surface area contributed by atoms with Crippen molar-refractivity contribution < 1.29 is 14.4 Å². The van der Waals surface area contributed by atoms with Crippen LogP contribution in [0.2, 0.25) is 0 Å². The molecule has 0 aromatic carbocycles. The molecule has 9 heteroatoms. The van der Waals surface area contributed by atoms with Crippen molar-refractivity contribution in [3.05, 3.63) is 22.4 Å². The van der Waals surface area contributed by atoms with Crippen molar-refractivity contribution >= 4 is 45.5 Å². The molecule has 0 saturated heterocycles. The van der Waals surface area contributed by atoms with Crippen LogP contribution in [-0.2, 0) is 20.9 Å². The molecule has 7 nitrogen and oxygen atoms in total. The molecular formula is C18H24N4O3S2. The van der Waals surface area contributed by atoms with Gasteiger partial charge in [0.05, 0.1) is 17.1 Å². The van der Waals surface area contributed by atoms with Crippen molar-refractivity contribution in [2.75, 3.05) is 11.9 Å². The zero-order valence-electron chi connectivity index (χ0n) is 15.8. The fourth-order valence-corrected chi connectivity index (χ4v) is 3.71. The number of hydrogen-bond donors (Lipinski definition) is 3. The lowest BCUT2D eigenvalue weighted by Gasteiger charge is -2.17. The molecule has 0 aliphatic heterocycles. The van der Waals surface area contributed by atoms with Gasteiger partial charge in [0.15, 0.2) is 5.13 Å². The van der Waals surface area contributed by atoms with Crippen molar-refractivity contribution in [2.45, 2.75) is 40.7 Å². The van der Waals surface area contributed by atoms with Gasteiger partial charge in [0, 0.05) is 35.6 Å². The summed E-state index contributed by atoms with van der Waals surface area (Å²) in [5, 5.41) is 10.7. The summed E-state index contributed by atoms with van der Waals surface area (Å²) in [7, 11) is 0. The Morgan fingerprint density at radius 2 is 1.89 bits per heavy atom. The summed E-state index contributed by atoms with van der Waals surface area (Å²) in [5.74, 6) is -0.343. The van der Waals surface area contributed by atoms with Crippen molar-refractivity contribution in [1.82, 2.24) is 15.6 Å². The molecule has 2 aromatic heterocycles. The van der Waals surface area contributed by atoms with E-state index in [1.807, 2.05) is 38.3 Å². The molecule has 0 bridgehead atoms. The summed E-state index contributed by atoms with van der Waals surface area (Å²) in [5.41, 5.74) is 0.315. The van der Waals surface area contributed by atoms with E-state index in [-0.39, 0.29) is 30.7 Å². The molecule has 0 aliphatic rings. The van der Waals surface area contributed by atoms with E-state index in [0.717, 1.165) is 15.4 Å². The number of nitrogens with zero attached hydrogens (tertiary/aromatic N) is 1. The van der Waals surface area contributed by atoms with E-state index in [1.54, 1.807) is 11.3 Å². The molecule has 2 aromatic rings. The fourth-order valence-electron chi connectivity index (χ4n) is 2.00. The lowest BCUT2D eigenvalue weighted by molar-refractivity contribution is -0.128. The highest BCUT2D eigenvalue weighted by Crippen LogP contribution is 2.30. The molecular weight excluding hydrogens is 384 g/mol. The number of thiazole rings is 1. The molecule has 0 saturated carbocycles. The standard InChI is InChI=1S/C18H24N4O3S2/c1-11(23)20-9-12-5-6-14(27-12)13-10-26-17(21-13)22-15(24)7-8-19-16(25)18(2,3)4/h5-6,10H,7-9H2,1-4H3,(H,19,25)(H,20,23)(H,21,22,24). The van der Waals surface area contributed by atoms with Crippen LogP contribution in [0.25, 0.3) is 10.6 Å². The molecule has 3 N–H and O–H groups in total. The number of anilines is 1. The summed E-state index contributed by atoms with van der Waals surface area (Å²) in [4.78, 5) is 41.2. The van der Waals surface area contributed by atoms with Gasteiger partial charge in [-0.25, -0.2) is 4.98 Å². The first-order chi connectivity index (χ1) is 12.6. The monoisotopic (exact) mass is 408 g/mol. The highest BCUT2D eigenvalue weighted by molar-refractivity contribution is 7.17. The molecule has 0 atom stereocenters. The van der Waals surface area contributed by atoms with Gasteiger partial charge < -0.3 is 16.0 Å². The molecule has 0 radical (unpaired) electrons. The zero-order chi connectivity index (χ0) is 20.0. The molecule has 0 unspecified atom stereocenters. The minimum Gasteiger partial charge on any atom is -0.355 e. The number of rotatable bonds is 7. The first kappa shape index (κ1) is 21.0. The van der Waals surface area contributed by atoms with Crippen LogP contribution in [0, 0.1) is 5.41 Å². The largest absolute Gasteiger partial charge is 0.355 e. The lowest BCUT2D eigenvalue weighted by Crippen LogP contribution is -2.36. The Bertz CT molecular complexity index is 821. The van der Waals surface area contributed by atoms with Gasteiger partial charge in [0.25, 0.3) is 0 Å². The molecule has 2 heterocycles. The number of hydrogen-bond acceptors (Lipinski definition) is 6. The van der Waals surface area contributed by atoms with Gasteiger partial charge in [-0.05, 0) is 12.1 Å². The zero-order valence-corrected chi connectivity index (χ0v) is 17.5. The van der Waals surface area contributed by atoms with Gasteiger partial charge in [-0.2, -0.15) is 0 Å². The Labute approximate surface area is 166 Å².